The van der Waals surface area contributed by atoms with Crippen molar-refractivity contribution in [3.05, 3.63) is 27.8 Å². The van der Waals surface area contributed by atoms with E-state index in [2.05, 4.69) is 9.78 Å². The highest BCUT2D eigenvalue weighted by molar-refractivity contribution is 6.36. The third-order valence-electron chi connectivity index (χ3n) is 1.97. The molecule has 17 heavy (non-hydrogen) atoms. The third kappa shape index (κ3) is 6.64. The molecule has 0 atom stereocenters. The molecule has 0 radical (unpaired) electrons. The lowest BCUT2D eigenvalue weighted by atomic mass is 10.1. The second-order valence-electron chi connectivity index (χ2n) is 3.22. The number of halogens is 2. The van der Waals surface area contributed by atoms with Crippen molar-refractivity contribution in [2.75, 3.05) is 13.2 Å². The lowest BCUT2D eigenvalue weighted by molar-refractivity contribution is -0.312. The summed E-state index contributed by atoms with van der Waals surface area (Å²) in [5, 5.41) is 0.964. The highest BCUT2D eigenvalue weighted by atomic mass is 35.5. The van der Waals surface area contributed by atoms with Gasteiger partial charge in [0.1, 0.15) is 5.94 Å². The molecule has 1 heterocycles. The number of allylic oxidation sites excluding steroid dienone is 5. The molecule has 0 spiro atoms. The van der Waals surface area contributed by atoms with Crippen LogP contribution in [-0.2, 0) is 14.6 Å². The fourth-order valence-corrected chi connectivity index (χ4v) is 1.57. The maximum Gasteiger partial charge on any atom is 0.129 e. The molecule has 0 unspecified atom stereocenters. The summed E-state index contributed by atoms with van der Waals surface area (Å²) in [4.78, 5) is 19.3. The topological polar surface area (TPSA) is 67.0 Å². The first-order valence-corrected chi connectivity index (χ1v) is 5.71. The molecule has 2 aliphatic rings. The number of hydrogen-bond donors (Lipinski definition) is 0. The molecule has 0 aromatic carbocycles. The molecule has 0 aromatic heterocycles. The van der Waals surface area contributed by atoms with E-state index >= 15 is 0 Å². The monoisotopic (exact) mass is 280 g/mol. The average Bonchev–Trinajstić information content (AvgIpc) is 2.32. The fourth-order valence-electron chi connectivity index (χ4n) is 1.09. The Morgan fingerprint density at radius 2 is 1.76 bits per heavy atom. The molecule has 1 aliphatic carbocycles. The normalized spacial score (nSPS) is 18.8. The quantitative estimate of drug-likeness (QED) is 0.505. The highest BCUT2D eigenvalue weighted by Gasteiger charge is 2.07. The van der Waals surface area contributed by atoms with Crippen molar-refractivity contribution in [1.82, 2.24) is 0 Å². The van der Waals surface area contributed by atoms with Gasteiger partial charge in [-0.1, -0.05) is 29.3 Å². The molecule has 1 aliphatic heterocycles. The van der Waals surface area contributed by atoms with Crippen LogP contribution in [0.3, 0.4) is 0 Å². The van der Waals surface area contributed by atoms with E-state index in [1.165, 1.54) is 6.08 Å². The summed E-state index contributed by atoms with van der Waals surface area (Å²) < 4.78 is 0. The minimum atomic E-state index is 0. The summed E-state index contributed by atoms with van der Waals surface area (Å²) in [6.07, 6.45) is 6.04. The zero-order chi connectivity index (χ0) is 11.8. The van der Waals surface area contributed by atoms with Crippen molar-refractivity contribution < 1.29 is 20.0 Å². The molecule has 6 heteroatoms. The predicted octanol–water partition coefficient (Wildman–Crippen LogP) is 2.30. The van der Waals surface area contributed by atoms with Crippen LogP contribution in [0.4, 0.5) is 0 Å². The molecule has 96 valence electrons. The molecule has 2 rings (SSSR count). The van der Waals surface area contributed by atoms with Gasteiger partial charge in [0, 0.05) is 11.5 Å². The Morgan fingerprint density at radius 1 is 1.18 bits per heavy atom. The van der Waals surface area contributed by atoms with Gasteiger partial charge in [0.15, 0.2) is 0 Å². The summed E-state index contributed by atoms with van der Waals surface area (Å²) in [6.45, 7) is 1.56. The van der Waals surface area contributed by atoms with Crippen LogP contribution in [0.5, 0.6) is 0 Å². The van der Waals surface area contributed by atoms with E-state index < -0.39 is 0 Å². The zero-order valence-corrected chi connectivity index (χ0v) is 10.7. The Balaban J connectivity index is 0.000000316. The van der Waals surface area contributed by atoms with E-state index in [-0.39, 0.29) is 5.48 Å². The van der Waals surface area contributed by atoms with Crippen molar-refractivity contribution >= 4 is 29.1 Å². The maximum atomic E-state index is 10.1. The summed E-state index contributed by atoms with van der Waals surface area (Å²) in [5.74, 6) is 1.74. The largest absolute Gasteiger partial charge is 0.412 e. The second kappa shape index (κ2) is 9.42. The molecule has 0 aromatic rings. The molecule has 0 bridgehead atoms. The van der Waals surface area contributed by atoms with Crippen LogP contribution in [0.25, 0.3) is 0 Å². The van der Waals surface area contributed by atoms with Gasteiger partial charge in [-0.3, -0.25) is 0 Å². The average molecular weight is 281 g/mol. The van der Waals surface area contributed by atoms with E-state index in [1.807, 2.05) is 0 Å². The molecular formula is C11H14Cl2O4. The Labute approximate surface area is 110 Å². The number of carbonyl (C=O) groups excluding carboxylic acids is 1. The highest BCUT2D eigenvalue weighted by Crippen LogP contribution is 2.25. The van der Waals surface area contributed by atoms with Gasteiger partial charge in [0.25, 0.3) is 0 Å². The molecule has 1 saturated heterocycles. The Hall–Kier alpha value is -0.610. The van der Waals surface area contributed by atoms with E-state index in [0.29, 0.717) is 22.1 Å². The van der Waals surface area contributed by atoms with Gasteiger partial charge in [-0.25, -0.2) is 14.6 Å². The fraction of sp³-hybridized carbons (Fsp3) is 0.455. The van der Waals surface area contributed by atoms with Gasteiger partial charge in [-0.15, -0.1) is 0 Å². The van der Waals surface area contributed by atoms with Crippen molar-refractivity contribution in [2.24, 2.45) is 0 Å². The second-order valence-corrected chi connectivity index (χ2v) is 4.06. The SMILES string of the molecule is C1CCOOC1.O.O=C=C1CC=C(Cl)C=C1Cl. The Morgan fingerprint density at radius 3 is 2.12 bits per heavy atom. The van der Waals surface area contributed by atoms with Gasteiger partial charge < -0.3 is 5.48 Å². The smallest absolute Gasteiger partial charge is 0.129 e. The third-order valence-corrected chi connectivity index (χ3v) is 2.57. The van der Waals surface area contributed by atoms with Gasteiger partial charge in [-0.2, -0.15) is 0 Å². The van der Waals surface area contributed by atoms with Crippen LogP contribution < -0.4 is 0 Å². The maximum absolute atomic E-state index is 10.1. The first-order valence-electron chi connectivity index (χ1n) is 4.95. The van der Waals surface area contributed by atoms with Gasteiger partial charge >= 0.3 is 0 Å². The van der Waals surface area contributed by atoms with E-state index in [4.69, 9.17) is 23.2 Å². The minimum absolute atomic E-state index is 0. The summed E-state index contributed by atoms with van der Waals surface area (Å²) in [7, 11) is 0. The molecule has 1 fully saturated rings. The molecular weight excluding hydrogens is 267 g/mol. The van der Waals surface area contributed by atoms with Crippen molar-refractivity contribution in [3.63, 3.8) is 0 Å². The van der Waals surface area contributed by atoms with Crippen molar-refractivity contribution in [3.8, 4) is 0 Å². The van der Waals surface area contributed by atoms with Crippen molar-refractivity contribution in [2.45, 2.75) is 19.3 Å². The molecule has 0 saturated carbocycles. The van der Waals surface area contributed by atoms with E-state index in [1.54, 1.807) is 12.0 Å². The number of hydrogen-bond acceptors (Lipinski definition) is 3. The van der Waals surface area contributed by atoms with Crippen molar-refractivity contribution in [1.29, 1.82) is 0 Å². The number of rotatable bonds is 0. The summed E-state index contributed by atoms with van der Waals surface area (Å²) >= 11 is 11.2. The standard InChI is InChI=1S/C7H4Cl2O.C4H8O2.H2O/c8-6-2-1-5(4-10)7(9)3-6;1-2-4-6-5-3-1;/h2-3H,1H2;1-4H2;1H2. The Bertz CT molecular complexity index is 328. The van der Waals surface area contributed by atoms with Crippen LogP contribution in [0.1, 0.15) is 19.3 Å². The Kier molecular flexibility index (Phi) is 9.09. The summed E-state index contributed by atoms with van der Waals surface area (Å²) in [5.41, 5.74) is 0.464. The zero-order valence-electron chi connectivity index (χ0n) is 9.17. The molecule has 4 nitrogen and oxygen atoms in total. The molecule has 2 N–H and O–H groups in total. The van der Waals surface area contributed by atoms with Gasteiger partial charge in [-0.05, 0) is 18.9 Å². The first kappa shape index (κ1) is 16.4. The van der Waals surface area contributed by atoms with Gasteiger partial charge in [0.05, 0.1) is 23.8 Å². The van der Waals surface area contributed by atoms with Gasteiger partial charge in [0.2, 0.25) is 0 Å². The van der Waals surface area contributed by atoms with E-state index in [0.717, 1.165) is 26.1 Å². The summed E-state index contributed by atoms with van der Waals surface area (Å²) in [6, 6.07) is 0. The van der Waals surface area contributed by atoms with Crippen LogP contribution in [0, 0.1) is 0 Å². The van der Waals surface area contributed by atoms with Crippen LogP contribution in [-0.4, -0.2) is 24.6 Å². The van der Waals surface area contributed by atoms with Crippen LogP contribution in [0.15, 0.2) is 27.8 Å². The van der Waals surface area contributed by atoms with Crippen LogP contribution >= 0.6 is 23.2 Å². The predicted molar refractivity (Wildman–Crippen MR) is 66.4 cm³/mol. The lowest BCUT2D eigenvalue weighted by Gasteiger charge is -2.07. The lowest BCUT2D eigenvalue weighted by Crippen LogP contribution is -2.05. The molecule has 0 amide bonds. The van der Waals surface area contributed by atoms with E-state index in [9.17, 15) is 4.79 Å². The first-order chi connectivity index (χ1) is 7.74. The van der Waals surface area contributed by atoms with Crippen LogP contribution in [0.2, 0.25) is 0 Å². The minimum Gasteiger partial charge on any atom is -0.412 e.